The van der Waals surface area contributed by atoms with E-state index in [0.717, 1.165) is 23.9 Å². The van der Waals surface area contributed by atoms with Crippen LogP contribution in [0.15, 0.2) is 0 Å². The number of anilines is 1. The van der Waals surface area contributed by atoms with Crippen LogP contribution in [0.25, 0.3) is 0 Å². The molecule has 1 amide bonds. The van der Waals surface area contributed by atoms with E-state index < -0.39 is 5.97 Å². The van der Waals surface area contributed by atoms with Crippen molar-refractivity contribution in [2.24, 2.45) is 5.92 Å². The molecule has 0 unspecified atom stereocenters. The van der Waals surface area contributed by atoms with Gasteiger partial charge in [0.05, 0.1) is 12.1 Å². The Bertz CT molecular complexity index is 522. The van der Waals surface area contributed by atoms with E-state index in [4.69, 9.17) is 5.11 Å². The number of aliphatic carboxylic acids is 1. The molecule has 0 saturated carbocycles. The summed E-state index contributed by atoms with van der Waals surface area (Å²) in [6, 6.07) is 0. The van der Waals surface area contributed by atoms with Crippen LogP contribution in [0.5, 0.6) is 0 Å². The van der Waals surface area contributed by atoms with Gasteiger partial charge in [0.15, 0.2) is 5.13 Å². The van der Waals surface area contributed by atoms with Gasteiger partial charge in [-0.1, -0.05) is 6.92 Å². The number of carbonyl (C=O) groups is 2. The standard InChI is InChI=1S/C14H21N3O3S/c1-9-3-5-17(6-4-9)8-12-11(7-13(19)20)16-14(21-12)15-10(2)18/h9H,3-8H2,1-2H3,(H,19,20)(H,15,16,18). The number of hydrogen-bond acceptors (Lipinski definition) is 5. The minimum atomic E-state index is -0.900. The second kappa shape index (κ2) is 7.00. The second-order valence-corrected chi connectivity index (χ2v) is 6.68. The Morgan fingerprint density at radius 2 is 2.10 bits per heavy atom. The minimum absolute atomic E-state index is 0.102. The quantitative estimate of drug-likeness (QED) is 0.868. The van der Waals surface area contributed by atoms with Gasteiger partial charge in [0.25, 0.3) is 0 Å². The van der Waals surface area contributed by atoms with Crippen LogP contribution >= 0.6 is 11.3 Å². The van der Waals surface area contributed by atoms with Crippen LogP contribution in [-0.2, 0) is 22.6 Å². The number of amides is 1. The molecular weight excluding hydrogens is 290 g/mol. The normalized spacial score (nSPS) is 16.9. The van der Waals surface area contributed by atoms with Crippen molar-refractivity contribution >= 4 is 28.3 Å². The van der Waals surface area contributed by atoms with E-state index in [1.807, 2.05) is 0 Å². The topological polar surface area (TPSA) is 82.5 Å². The van der Waals surface area contributed by atoms with Crippen molar-refractivity contribution in [3.8, 4) is 0 Å². The summed E-state index contributed by atoms with van der Waals surface area (Å²) in [4.78, 5) is 29.6. The molecule has 0 aromatic carbocycles. The molecule has 0 atom stereocenters. The molecule has 21 heavy (non-hydrogen) atoms. The van der Waals surface area contributed by atoms with E-state index in [9.17, 15) is 9.59 Å². The monoisotopic (exact) mass is 311 g/mol. The number of rotatable bonds is 5. The van der Waals surface area contributed by atoms with Crippen LogP contribution in [0.4, 0.5) is 5.13 Å². The van der Waals surface area contributed by atoms with Crippen molar-refractivity contribution in [2.75, 3.05) is 18.4 Å². The number of likely N-dealkylation sites (tertiary alicyclic amines) is 1. The van der Waals surface area contributed by atoms with Gasteiger partial charge in [0.2, 0.25) is 5.91 Å². The molecule has 1 aromatic heterocycles. The third-order valence-electron chi connectivity index (χ3n) is 3.62. The van der Waals surface area contributed by atoms with Gasteiger partial charge in [0.1, 0.15) is 0 Å². The fraction of sp³-hybridized carbons (Fsp3) is 0.643. The molecule has 6 nitrogen and oxygen atoms in total. The van der Waals surface area contributed by atoms with E-state index in [1.165, 1.54) is 31.1 Å². The Labute approximate surface area is 128 Å². The number of piperidine rings is 1. The van der Waals surface area contributed by atoms with Gasteiger partial charge in [-0.2, -0.15) is 0 Å². The zero-order valence-electron chi connectivity index (χ0n) is 12.4. The van der Waals surface area contributed by atoms with Gasteiger partial charge in [-0.25, -0.2) is 4.98 Å². The largest absolute Gasteiger partial charge is 0.481 e. The van der Waals surface area contributed by atoms with Gasteiger partial charge in [-0.05, 0) is 31.8 Å². The summed E-state index contributed by atoms with van der Waals surface area (Å²) in [5.74, 6) is -0.330. The van der Waals surface area contributed by atoms with Gasteiger partial charge in [-0.15, -0.1) is 11.3 Å². The molecule has 2 N–H and O–H groups in total. The van der Waals surface area contributed by atoms with E-state index in [-0.39, 0.29) is 12.3 Å². The SMILES string of the molecule is CC(=O)Nc1nc(CC(=O)O)c(CN2CCC(C)CC2)s1. The van der Waals surface area contributed by atoms with E-state index in [1.54, 1.807) is 0 Å². The highest BCUT2D eigenvalue weighted by Gasteiger charge is 2.20. The number of carbonyl (C=O) groups excluding carboxylic acids is 1. The molecule has 1 aliphatic heterocycles. The number of carboxylic acid groups (broad SMARTS) is 1. The van der Waals surface area contributed by atoms with Crippen LogP contribution in [0.1, 0.15) is 37.3 Å². The highest BCUT2D eigenvalue weighted by molar-refractivity contribution is 7.15. The third kappa shape index (κ3) is 4.78. The molecule has 7 heteroatoms. The summed E-state index contributed by atoms with van der Waals surface area (Å²) < 4.78 is 0. The molecule has 0 aliphatic carbocycles. The number of nitrogens with zero attached hydrogens (tertiary/aromatic N) is 2. The van der Waals surface area contributed by atoms with Gasteiger partial charge >= 0.3 is 5.97 Å². The summed E-state index contributed by atoms with van der Waals surface area (Å²) in [6.45, 7) is 6.45. The first-order valence-corrected chi connectivity index (χ1v) is 7.96. The fourth-order valence-corrected chi connectivity index (χ4v) is 3.48. The molecule has 2 heterocycles. The van der Waals surface area contributed by atoms with E-state index >= 15 is 0 Å². The molecule has 2 rings (SSSR count). The maximum atomic E-state index is 11.1. The van der Waals surface area contributed by atoms with Gasteiger partial charge in [-0.3, -0.25) is 14.5 Å². The van der Waals surface area contributed by atoms with Gasteiger partial charge in [0, 0.05) is 18.3 Å². The summed E-state index contributed by atoms with van der Waals surface area (Å²) in [7, 11) is 0. The van der Waals surface area contributed by atoms with Crippen molar-refractivity contribution in [1.82, 2.24) is 9.88 Å². The van der Waals surface area contributed by atoms with Gasteiger partial charge < -0.3 is 10.4 Å². The highest BCUT2D eigenvalue weighted by Crippen LogP contribution is 2.27. The Hall–Kier alpha value is -1.47. The second-order valence-electron chi connectivity index (χ2n) is 5.60. The molecule has 1 aliphatic rings. The first kappa shape index (κ1) is 15.9. The maximum Gasteiger partial charge on any atom is 0.309 e. The van der Waals surface area contributed by atoms with Crippen molar-refractivity contribution < 1.29 is 14.7 Å². The lowest BCUT2D eigenvalue weighted by Crippen LogP contribution is -2.32. The van der Waals surface area contributed by atoms with Crippen LogP contribution in [-0.4, -0.2) is 40.0 Å². The summed E-state index contributed by atoms with van der Waals surface area (Å²) >= 11 is 1.38. The Kier molecular flexibility index (Phi) is 5.30. The summed E-state index contributed by atoms with van der Waals surface area (Å²) in [6.07, 6.45) is 2.24. The molecular formula is C14H21N3O3S. The smallest absolute Gasteiger partial charge is 0.309 e. The van der Waals surface area contributed by atoms with Crippen molar-refractivity contribution in [3.05, 3.63) is 10.6 Å². The highest BCUT2D eigenvalue weighted by atomic mass is 32.1. The average Bonchev–Trinajstić information content (AvgIpc) is 2.72. The number of hydrogen-bond donors (Lipinski definition) is 2. The Morgan fingerprint density at radius 1 is 1.43 bits per heavy atom. The fourth-order valence-electron chi connectivity index (χ4n) is 2.42. The lowest BCUT2D eigenvalue weighted by molar-refractivity contribution is -0.136. The van der Waals surface area contributed by atoms with Crippen molar-refractivity contribution in [2.45, 2.75) is 39.7 Å². The maximum absolute atomic E-state index is 11.1. The molecule has 0 spiro atoms. The molecule has 0 radical (unpaired) electrons. The van der Waals surface area contributed by atoms with Crippen LogP contribution in [0, 0.1) is 5.92 Å². The zero-order valence-corrected chi connectivity index (χ0v) is 13.2. The van der Waals surface area contributed by atoms with Crippen LogP contribution in [0.3, 0.4) is 0 Å². The predicted molar refractivity (Wildman–Crippen MR) is 81.4 cm³/mol. The minimum Gasteiger partial charge on any atom is -0.481 e. The zero-order chi connectivity index (χ0) is 15.4. The summed E-state index contributed by atoms with van der Waals surface area (Å²) in [5, 5.41) is 12.1. The van der Waals surface area contributed by atoms with E-state index in [2.05, 4.69) is 22.1 Å². The van der Waals surface area contributed by atoms with Crippen LogP contribution < -0.4 is 5.32 Å². The number of nitrogens with one attached hydrogen (secondary N) is 1. The number of aromatic nitrogens is 1. The van der Waals surface area contributed by atoms with Crippen molar-refractivity contribution in [3.63, 3.8) is 0 Å². The molecule has 116 valence electrons. The number of thiazole rings is 1. The first-order valence-electron chi connectivity index (χ1n) is 7.14. The molecule has 0 bridgehead atoms. The summed E-state index contributed by atoms with van der Waals surface area (Å²) in [5.41, 5.74) is 0.565. The third-order valence-corrected chi connectivity index (χ3v) is 4.62. The average molecular weight is 311 g/mol. The van der Waals surface area contributed by atoms with Crippen LogP contribution in [0.2, 0.25) is 0 Å². The Balaban J connectivity index is 2.09. The lowest BCUT2D eigenvalue weighted by atomic mass is 9.99. The molecule has 1 fully saturated rings. The Morgan fingerprint density at radius 3 is 2.67 bits per heavy atom. The lowest BCUT2D eigenvalue weighted by Gasteiger charge is -2.29. The van der Waals surface area contributed by atoms with Crippen molar-refractivity contribution in [1.29, 1.82) is 0 Å². The molecule has 1 aromatic rings. The predicted octanol–water partition coefficient (Wildman–Crippen LogP) is 1.96. The molecule has 1 saturated heterocycles. The van der Waals surface area contributed by atoms with E-state index in [0.29, 0.717) is 17.4 Å². The number of carboxylic acids is 1. The first-order chi connectivity index (χ1) is 9.94.